The van der Waals surface area contributed by atoms with Gasteiger partial charge in [-0.15, -0.1) is 22.9 Å². The molecule has 3 nitrogen and oxygen atoms in total. The minimum Gasteiger partial charge on any atom is -0.302 e. The zero-order chi connectivity index (χ0) is 14.7. The molecular weight excluding hydrogens is 304 g/mol. The third-order valence-corrected chi connectivity index (χ3v) is 4.08. The van der Waals surface area contributed by atoms with Crippen molar-refractivity contribution in [1.82, 2.24) is 4.98 Å². The lowest BCUT2D eigenvalue weighted by atomic mass is 10.0. The van der Waals surface area contributed by atoms with Crippen LogP contribution in [0.5, 0.6) is 0 Å². The first-order valence-electron chi connectivity index (χ1n) is 6.57. The minimum atomic E-state index is -0.108. The van der Waals surface area contributed by atoms with Crippen LogP contribution in [0.4, 0.5) is 5.13 Å². The van der Waals surface area contributed by atoms with Crippen LogP contribution in [0.25, 0.3) is 22.0 Å². The van der Waals surface area contributed by atoms with Crippen LogP contribution < -0.4 is 5.32 Å². The van der Waals surface area contributed by atoms with Gasteiger partial charge in [0.05, 0.1) is 5.69 Å². The van der Waals surface area contributed by atoms with Gasteiger partial charge in [0.1, 0.15) is 0 Å². The zero-order valence-corrected chi connectivity index (χ0v) is 12.7. The van der Waals surface area contributed by atoms with Gasteiger partial charge in [0.15, 0.2) is 5.13 Å². The first-order chi connectivity index (χ1) is 10.3. The summed E-state index contributed by atoms with van der Waals surface area (Å²) in [7, 11) is 0. The van der Waals surface area contributed by atoms with Crippen molar-refractivity contribution in [3.05, 3.63) is 47.8 Å². The van der Waals surface area contributed by atoms with Gasteiger partial charge in [0, 0.05) is 23.2 Å². The molecule has 21 heavy (non-hydrogen) atoms. The highest BCUT2D eigenvalue weighted by molar-refractivity contribution is 7.14. The summed E-state index contributed by atoms with van der Waals surface area (Å²) >= 11 is 6.97. The maximum atomic E-state index is 11.5. The number of nitrogens with zero attached hydrogens (tertiary/aromatic N) is 1. The van der Waals surface area contributed by atoms with Crippen LogP contribution in [0.1, 0.15) is 6.42 Å². The number of hydrogen-bond donors (Lipinski definition) is 1. The van der Waals surface area contributed by atoms with Crippen molar-refractivity contribution < 1.29 is 4.79 Å². The van der Waals surface area contributed by atoms with Gasteiger partial charge in [-0.2, -0.15) is 0 Å². The molecule has 0 bridgehead atoms. The molecule has 0 saturated carbocycles. The van der Waals surface area contributed by atoms with Crippen molar-refractivity contribution in [1.29, 1.82) is 0 Å². The predicted molar refractivity (Wildman–Crippen MR) is 89.0 cm³/mol. The number of benzene rings is 2. The second-order valence-electron chi connectivity index (χ2n) is 4.55. The highest BCUT2D eigenvalue weighted by atomic mass is 35.5. The molecule has 3 aromatic rings. The summed E-state index contributed by atoms with van der Waals surface area (Å²) in [6.07, 6.45) is 0.296. The number of anilines is 1. The highest BCUT2D eigenvalue weighted by Crippen LogP contribution is 2.30. The van der Waals surface area contributed by atoms with Gasteiger partial charge in [0.2, 0.25) is 5.91 Å². The number of nitrogens with one attached hydrogen (secondary N) is 1. The van der Waals surface area contributed by atoms with Crippen LogP contribution in [0, 0.1) is 0 Å². The van der Waals surface area contributed by atoms with E-state index in [1.54, 1.807) is 0 Å². The van der Waals surface area contributed by atoms with Crippen molar-refractivity contribution in [3.63, 3.8) is 0 Å². The average Bonchev–Trinajstić information content (AvgIpc) is 2.95. The van der Waals surface area contributed by atoms with Crippen molar-refractivity contribution >= 4 is 44.7 Å². The lowest BCUT2D eigenvalue weighted by Gasteiger charge is -2.03. The Balaban J connectivity index is 1.93. The van der Waals surface area contributed by atoms with E-state index in [2.05, 4.69) is 28.5 Å². The Morgan fingerprint density at radius 2 is 2.00 bits per heavy atom. The van der Waals surface area contributed by atoms with Crippen molar-refractivity contribution in [2.24, 2.45) is 0 Å². The molecule has 1 aromatic heterocycles. The Morgan fingerprint density at radius 1 is 1.19 bits per heavy atom. The minimum absolute atomic E-state index is 0.108. The van der Waals surface area contributed by atoms with E-state index in [0.717, 1.165) is 16.6 Å². The maximum Gasteiger partial charge on any atom is 0.227 e. The Labute approximate surface area is 131 Å². The smallest absolute Gasteiger partial charge is 0.227 e. The third kappa shape index (κ3) is 3.06. The number of hydrogen-bond acceptors (Lipinski definition) is 3. The molecule has 0 unspecified atom stereocenters. The lowest BCUT2D eigenvalue weighted by Crippen LogP contribution is -2.11. The average molecular weight is 317 g/mol. The second-order valence-corrected chi connectivity index (χ2v) is 5.79. The molecule has 0 aliphatic heterocycles. The fourth-order valence-corrected chi connectivity index (χ4v) is 3.07. The monoisotopic (exact) mass is 316 g/mol. The van der Waals surface area contributed by atoms with E-state index >= 15 is 0 Å². The number of thiazole rings is 1. The van der Waals surface area contributed by atoms with Crippen LogP contribution in [0.15, 0.2) is 47.8 Å². The summed E-state index contributed by atoms with van der Waals surface area (Å²) in [6, 6.07) is 14.3. The first-order valence-corrected chi connectivity index (χ1v) is 7.99. The summed E-state index contributed by atoms with van der Waals surface area (Å²) in [5, 5.41) is 7.66. The van der Waals surface area contributed by atoms with E-state index in [1.165, 1.54) is 16.7 Å². The quantitative estimate of drug-likeness (QED) is 0.718. The fourth-order valence-electron chi connectivity index (χ4n) is 2.17. The number of fused-ring (bicyclic) bond motifs is 1. The summed E-state index contributed by atoms with van der Waals surface area (Å²) < 4.78 is 0. The van der Waals surface area contributed by atoms with Gasteiger partial charge in [-0.05, 0) is 10.8 Å². The number of carbonyl (C=O) groups excluding carboxylic acids is 1. The summed E-state index contributed by atoms with van der Waals surface area (Å²) in [5.74, 6) is 0.205. The molecule has 0 saturated heterocycles. The normalized spacial score (nSPS) is 10.7. The molecule has 1 heterocycles. The molecule has 0 spiro atoms. The van der Waals surface area contributed by atoms with Crippen molar-refractivity contribution in [3.8, 4) is 11.3 Å². The van der Waals surface area contributed by atoms with Crippen LogP contribution in [0.2, 0.25) is 0 Å². The molecule has 2 aromatic carbocycles. The topological polar surface area (TPSA) is 42.0 Å². The van der Waals surface area contributed by atoms with Gasteiger partial charge in [-0.1, -0.05) is 42.5 Å². The van der Waals surface area contributed by atoms with Crippen LogP contribution in [0.3, 0.4) is 0 Å². The Kier molecular flexibility index (Phi) is 4.18. The van der Waals surface area contributed by atoms with E-state index in [-0.39, 0.29) is 5.91 Å². The molecule has 0 fully saturated rings. The molecule has 106 valence electrons. The molecule has 0 atom stereocenters. The Bertz CT molecular complexity index is 779. The SMILES string of the molecule is O=C(CCCl)Nc1nc(-c2cccc3ccccc23)cs1. The highest BCUT2D eigenvalue weighted by Gasteiger charge is 2.09. The predicted octanol–water partition coefficient (Wildman–Crippen LogP) is 4.53. The molecular formula is C16H13ClN2OS. The summed E-state index contributed by atoms with van der Waals surface area (Å²) in [4.78, 5) is 16.0. The van der Waals surface area contributed by atoms with Crippen LogP contribution >= 0.6 is 22.9 Å². The Hall–Kier alpha value is -1.91. The molecule has 1 N–H and O–H groups in total. The lowest BCUT2D eigenvalue weighted by molar-refractivity contribution is -0.115. The van der Waals surface area contributed by atoms with E-state index in [9.17, 15) is 4.79 Å². The van der Waals surface area contributed by atoms with Gasteiger partial charge in [-0.3, -0.25) is 4.79 Å². The van der Waals surface area contributed by atoms with Crippen molar-refractivity contribution in [2.45, 2.75) is 6.42 Å². The van der Waals surface area contributed by atoms with E-state index < -0.39 is 0 Å². The molecule has 5 heteroatoms. The molecule has 3 rings (SSSR count). The largest absolute Gasteiger partial charge is 0.302 e. The van der Waals surface area contributed by atoms with Crippen LogP contribution in [-0.4, -0.2) is 16.8 Å². The second kappa shape index (κ2) is 6.24. The zero-order valence-electron chi connectivity index (χ0n) is 11.2. The first kappa shape index (κ1) is 14.0. The standard InChI is InChI=1S/C16H13ClN2OS/c17-9-8-15(20)19-16-18-14(10-21-16)13-7-3-5-11-4-1-2-6-12(11)13/h1-7,10H,8-9H2,(H,18,19,20). The number of amides is 1. The number of halogens is 1. The van der Waals surface area contributed by atoms with E-state index in [0.29, 0.717) is 17.4 Å². The van der Waals surface area contributed by atoms with Crippen molar-refractivity contribution in [2.75, 3.05) is 11.2 Å². The molecule has 0 radical (unpaired) electrons. The maximum absolute atomic E-state index is 11.5. The number of rotatable bonds is 4. The Morgan fingerprint density at radius 3 is 2.86 bits per heavy atom. The van der Waals surface area contributed by atoms with Gasteiger partial charge in [-0.25, -0.2) is 4.98 Å². The third-order valence-electron chi connectivity index (χ3n) is 3.14. The van der Waals surface area contributed by atoms with E-state index in [4.69, 9.17) is 11.6 Å². The fraction of sp³-hybridized carbons (Fsp3) is 0.125. The molecule has 0 aliphatic rings. The number of carbonyl (C=O) groups is 1. The number of aromatic nitrogens is 1. The molecule has 1 amide bonds. The van der Waals surface area contributed by atoms with Gasteiger partial charge >= 0.3 is 0 Å². The molecule has 0 aliphatic carbocycles. The van der Waals surface area contributed by atoms with Gasteiger partial charge in [0.25, 0.3) is 0 Å². The number of alkyl halides is 1. The summed E-state index contributed by atoms with van der Waals surface area (Å²) in [5.41, 5.74) is 1.94. The van der Waals surface area contributed by atoms with E-state index in [1.807, 2.05) is 29.6 Å². The summed E-state index contributed by atoms with van der Waals surface area (Å²) in [6.45, 7) is 0. The van der Waals surface area contributed by atoms with Crippen LogP contribution in [-0.2, 0) is 4.79 Å². The van der Waals surface area contributed by atoms with Gasteiger partial charge < -0.3 is 5.32 Å².